The molecule has 0 aliphatic heterocycles. The highest BCUT2D eigenvalue weighted by molar-refractivity contribution is 14.0. The maximum atomic E-state index is 5.97. The van der Waals surface area contributed by atoms with Crippen molar-refractivity contribution in [2.75, 3.05) is 13.1 Å². The zero-order chi connectivity index (χ0) is 14.0. The van der Waals surface area contributed by atoms with Gasteiger partial charge in [0.2, 0.25) is 0 Å². The number of guanidine groups is 1. The summed E-state index contributed by atoms with van der Waals surface area (Å²) >= 11 is 5.97. The van der Waals surface area contributed by atoms with Crippen molar-refractivity contribution in [1.82, 2.24) is 10.6 Å². The number of nitrogens with one attached hydrogen (secondary N) is 2. The zero-order valence-electron chi connectivity index (χ0n) is 12.4. The molecule has 0 aromatic heterocycles. The molecule has 0 unspecified atom stereocenters. The van der Waals surface area contributed by atoms with E-state index in [9.17, 15) is 0 Å². The molecule has 5 heteroatoms. The van der Waals surface area contributed by atoms with Crippen LogP contribution in [0.2, 0.25) is 5.02 Å². The maximum absolute atomic E-state index is 5.97. The maximum Gasteiger partial charge on any atom is 0.191 e. The number of hydrogen-bond donors (Lipinski definition) is 2. The van der Waals surface area contributed by atoms with Gasteiger partial charge in [-0.15, -0.1) is 24.0 Å². The van der Waals surface area contributed by atoms with Crippen LogP contribution in [0.15, 0.2) is 29.3 Å². The van der Waals surface area contributed by atoms with Gasteiger partial charge in [-0.1, -0.05) is 23.7 Å². The van der Waals surface area contributed by atoms with Crippen molar-refractivity contribution < 1.29 is 0 Å². The molecule has 3 rings (SSSR count). The van der Waals surface area contributed by atoms with Gasteiger partial charge >= 0.3 is 0 Å². The molecule has 3 nitrogen and oxygen atoms in total. The van der Waals surface area contributed by atoms with Crippen molar-refractivity contribution in [3.05, 3.63) is 34.9 Å². The number of benzene rings is 1. The second-order valence-corrected chi connectivity index (χ2v) is 6.34. The summed E-state index contributed by atoms with van der Waals surface area (Å²) in [5.74, 6) is 0.968. The lowest BCUT2D eigenvalue weighted by atomic mass is 9.96. The van der Waals surface area contributed by atoms with Gasteiger partial charge in [0, 0.05) is 23.0 Å². The summed E-state index contributed by atoms with van der Waals surface area (Å²) < 4.78 is 0. The Bertz CT molecular complexity index is 493. The standard InChI is InChI=1S/C16H22ClN3.HI/c1-2-18-15(20-14-7-8-14)19-11-16(9-10-16)12-3-5-13(17)6-4-12;/h3-6,14H,2,7-11H2,1H3,(H2,18,19,20);1H. The Kier molecular flexibility index (Phi) is 5.77. The van der Waals surface area contributed by atoms with Crippen LogP contribution >= 0.6 is 35.6 Å². The molecule has 0 saturated heterocycles. The van der Waals surface area contributed by atoms with Crippen LogP contribution in [0.3, 0.4) is 0 Å². The molecule has 0 spiro atoms. The first-order valence-electron chi connectivity index (χ1n) is 7.53. The quantitative estimate of drug-likeness (QED) is 0.434. The lowest BCUT2D eigenvalue weighted by Gasteiger charge is -2.16. The van der Waals surface area contributed by atoms with Gasteiger partial charge in [-0.25, -0.2) is 0 Å². The molecule has 2 aliphatic rings. The van der Waals surface area contributed by atoms with Crippen molar-refractivity contribution in [3.8, 4) is 0 Å². The Morgan fingerprint density at radius 2 is 1.95 bits per heavy atom. The van der Waals surface area contributed by atoms with Crippen LogP contribution in [-0.2, 0) is 5.41 Å². The van der Waals surface area contributed by atoms with Crippen LogP contribution in [-0.4, -0.2) is 25.1 Å². The van der Waals surface area contributed by atoms with Crippen LogP contribution < -0.4 is 10.6 Å². The average Bonchev–Trinajstić information content (AvgIpc) is 3.33. The van der Waals surface area contributed by atoms with E-state index in [-0.39, 0.29) is 29.4 Å². The number of halogens is 2. The molecule has 116 valence electrons. The van der Waals surface area contributed by atoms with E-state index in [1.165, 1.54) is 31.2 Å². The van der Waals surface area contributed by atoms with Crippen LogP contribution in [0.5, 0.6) is 0 Å². The lowest BCUT2D eigenvalue weighted by Crippen LogP contribution is -2.39. The van der Waals surface area contributed by atoms with Gasteiger partial charge in [-0.2, -0.15) is 0 Å². The Labute approximate surface area is 149 Å². The van der Waals surface area contributed by atoms with E-state index in [4.69, 9.17) is 16.6 Å². The van der Waals surface area contributed by atoms with E-state index in [1.54, 1.807) is 0 Å². The van der Waals surface area contributed by atoms with Gasteiger partial charge in [-0.05, 0) is 50.3 Å². The summed E-state index contributed by atoms with van der Waals surface area (Å²) in [6.07, 6.45) is 4.99. The van der Waals surface area contributed by atoms with Crippen molar-refractivity contribution in [2.45, 2.75) is 44.1 Å². The van der Waals surface area contributed by atoms with Crippen molar-refractivity contribution >= 4 is 41.5 Å². The van der Waals surface area contributed by atoms with E-state index in [1.807, 2.05) is 12.1 Å². The second kappa shape index (κ2) is 7.18. The molecule has 0 bridgehead atoms. The molecule has 2 aliphatic carbocycles. The minimum Gasteiger partial charge on any atom is -0.357 e. The molecule has 0 heterocycles. The lowest BCUT2D eigenvalue weighted by molar-refractivity contribution is 0.692. The smallest absolute Gasteiger partial charge is 0.191 e. The van der Waals surface area contributed by atoms with Crippen LogP contribution in [0, 0.1) is 0 Å². The fraction of sp³-hybridized carbons (Fsp3) is 0.562. The molecule has 2 saturated carbocycles. The predicted octanol–water partition coefficient (Wildman–Crippen LogP) is 3.71. The van der Waals surface area contributed by atoms with E-state index in [0.29, 0.717) is 6.04 Å². The van der Waals surface area contributed by atoms with E-state index in [2.05, 4.69) is 29.7 Å². The van der Waals surface area contributed by atoms with Gasteiger partial charge in [0.25, 0.3) is 0 Å². The number of nitrogens with zero attached hydrogens (tertiary/aromatic N) is 1. The highest BCUT2D eigenvalue weighted by atomic mass is 127. The van der Waals surface area contributed by atoms with Gasteiger partial charge in [0.1, 0.15) is 0 Å². The van der Waals surface area contributed by atoms with Gasteiger partial charge in [-0.3, -0.25) is 4.99 Å². The Hall–Kier alpha value is -0.490. The molecule has 1 aromatic rings. The summed E-state index contributed by atoms with van der Waals surface area (Å²) in [5.41, 5.74) is 1.61. The van der Waals surface area contributed by atoms with Crippen LogP contribution in [0.4, 0.5) is 0 Å². The fourth-order valence-electron chi connectivity index (χ4n) is 2.46. The van der Waals surface area contributed by atoms with Gasteiger partial charge in [0.15, 0.2) is 5.96 Å². The molecular formula is C16H23ClIN3. The predicted molar refractivity (Wildman–Crippen MR) is 99.9 cm³/mol. The summed E-state index contributed by atoms with van der Waals surface area (Å²) in [6, 6.07) is 8.89. The molecule has 2 N–H and O–H groups in total. The molecular weight excluding hydrogens is 397 g/mol. The highest BCUT2D eigenvalue weighted by Gasteiger charge is 2.44. The fourth-order valence-corrected chi connectivity index (χ4v) is 2.59. The van der Waals surface area contributed by atoms with Crippen molar-refractivity contribution in [3.63, 3.8) is 0 Å². The van der Waals surface area contributed by atoms with E-state index in [0.717, 1.165) is 24.1 Å². The van der Waals surface area contributed by atoms with Crippen LogP contribution in [0.1, 0.15) is 38.2 Å². The summed E-state index contributed by atoms with van der Waals surface area (Å²) in [5, 5.41) is 7.61. The van der Waals surface area contributed by atoms with Gasteiger partial charge < -0.3 is 10.6 Å². The molecule has 21 heavy (non-hydrogen) atoms. The van der Waals surface area contributed by atoms with Crippen molar-refractivity contribution in [1.29, 1.82) is 0 Å². The normalized spacial score (nSPS) is 19.6. The van der Waals surface area contributed by atoms with E-state index >= 15 is 0 Å². The molecule has 2 fully saturated rings. The SMILES string of the molecule is CCNC(=NCC1(c2ccc(Cl)cc2)CC1)NC1CC1.I. The van der Waals surface area contributed by atoms with Gasteiger partial charge in [0.05, 0.1) is 6.54 Å². The Morgan fingerprint density at radius 1 is 1.29 bits per heavy atom. The average molecular weight is 420 g/mol. The van der Waals surface area contributed by atoms with E-state index < -0.39 is 0 Å². The third kappa shape index (κ3) is 4.49. The first-order valence-corrected chi connectivity index (χ1v) is 7.90. The topological polar surface area (TPSA) is 36.4 Å². The summed E-state index contributed by atoms with van der Waals surface area (Å²) in [4.78, 5) is 4.79. The summed E-state index contributed by atoms with van der Waals surface area (Å²) in [7, 11) is 0. The zero-order valence-corrected chi connectivity index (χ0v) is 15.4. The Morgan fingerprint density at radius 3 is 2.48 bits per heavy atom. The summed E-state index contributed by atoms with van der Waals surface area (Å²) in [6.45, 7) is 3.87. The van der Waals surface area contributed by atoms with Crippen LogP contribution in [0.25, 0.3) is 0 Å². The third-order valence-electron chi connectivity index (χ3n) is 4.11. The number of rotatable bonds is 5. The second-order valence-electron chi connectivity index (χ2n) is 5.90. The number of aliphatic imine (C=N–C) groups is 1. The first-order chi connectivity index (χ1) is 9.72. The third-order valence-corrected chi connectivity index (χ3v) is 4.36. The minimum atomic E-state index is 0. The Balaban J connectivity index is 0.00000161. The molecule has 1 aromatic carbocycles. The molecule has 0 amide bonds. The first kappa shape index (κ1) is 16.9. The minimum absolute atomic E-state index is 0. The monoisotopic (exact) mass is 419 g/mol. The van der Waals surface area contributed by atoms with Crippen molar-refractivity contribution in [2.24, 2.45) is 4.99 Å². The number of hydrogen-bond acceptors (Lipinski definition) is 1. The largest absolute Gasteiger partial charge is 0.357 e. The highest BCUT2D eigenvalue weighted by Crippen LogP contribution is 2.48. The molecule has 0 atom stereocenters. The molecule has 0 radical (unpaired) electrons.